The van der Waals surface area contributed by atoms with E-state index in [-0.39, 0.29) is 17.7 Å². The summed E-state index contributed by atoms with van der Waals surface area (Å²) in [7, 11) is -1.58. The van der Waals surface area contributed by atoms with E-state index in [1.54, 1.807) is 24.3 Å². The van der Waals surface area contributed by atoms with Gasteiger partial charge in [-0.25, -0.2) is 0 Å². The second kappa shape index (κ2) is 4.45. The summed E-state index contributed by atoms with van der Waals surface area (Å²) in [6.45, 7) is 0.407. The zero-order valence-corrected chi connectivity index (χ0v) is 9.26. The number of alkyl halides is 1. The maximum Gasteiger partial charge on any atom is 0.490 e. The zero-order valence-electron chi connectivity index (χ0n) is 8.51. The molecule has 16 heavy (non-hydrogen) atoms. The number of benzene rings is 1. The van der Waals surface area contributed by atoms with Gasteiger partial charge < -0.3 is 14.9 Å². The van der Waals surface area contributed by atoms with E-state index in [9.17, 15) is 14.8 Å². The molecule has 1 aliphatic rings. The normalized spacial score (nSPS) is 20.3. The highest BCUT2D eigenvalue weighted by Crippen LogP contribution is 2.22. The molecule has 1 amide bonds. The fourth-order valence-electron chi connectivity index (χ4n) is 1.85. The molecule has 0 aliphatic carbocycles. The Labute approximate surface area is 98.6 Å². The number of carbonyl (C=O) groups is 1. The molecule has 2 N–H and O–H groups in total. The molecule has 1 saturated heterocycles. The van der Waals surface area contributed by atoms with Crippen LogP contribution in [-0.4, -0.2) is 35.0 Å². The van der Waals surface area contributed by atoms with Gasteiger partial charge >= 0.3 is 7.12 Å². The second-order valence-corrected chi connectivity index (χ2v) is 4.36. The van der Waals surface area contributed by atoms with Crippen LogP contribution in [-0.2, 0) is 4.79 Å². The predicted octanol–water partition coefficient (Wildman–Crippen LogP) is -0.290. The van der Waals surface area contributed by atoms with Gasteiger partial charge in [0.25, 0.3) is 0 Å². The molecule has 1 aliphatic heterocycles. The number of hydrogen-bond acceptors (Lipinski definition) is 3. The van der Waals surface area contributed by atoms with Crippen LogP contribution < -0.4 is 10.4 Å². The van der Waals surface area contributed by atoms with Crippen LogP contribution in [0, 0.1) is 0 Å². The van der Waals surface area contributed by atoms with Crippen molar-refractivity contribution in [3.63, 3.8) is 0 Å². The SMILES string of the molecule is O=C1CC(Cl)CN1c1ccccc1B(O)O. The van der Waals surface area contributed by atoms with Crippen molar-refractivity contribution < 1.29 is 14.8 Å². The third kappa shape index (κ3) is 2.07. The summed E-state index contributed by atoms with van der Waals surface area (Å²) in [6.07, 6.45) is 0.289. The summed E-state index contributed by atoms with van der Waals surface area (Å²) in [4.78, 5) is 13.1. The fourth-order valence-corrected chi connectivity index (χ4v) is 2.12. The van der Waals surface area contributed by atoms with Crippen molar-refractivity contribution in [2.24, 2.45) is 0 Å². The van der Waals surface area contributed by atoms with E-state index in [4.69, 9.17) is 11.6 Å². The molecule has 1 fully saturated rings. The molecule has 0 radical (unpaired) electrons. The van der Waals surface area contributed by atoms with E-state index in [0.717, 1.165) is 0 Å². The maximum atomic E-state index is 11.6. The number of amides is 1. The van der Waals surface area contributed by atoms with E-state index >= 15 is 0 Å². The molecule has 84 valence electrons. The predicted molar refractivity (Wildman–Crippen MR) is 62.9 cm³/mol. The van der Waals surface area contributed by atoms with Crippen LogP contribution in [0.1, 0.15) is 6.42 Å². The van der Waals surface area contributed by atoms with Crippen LogP contribution in [0.5, 0.6) is 0 Å². The number of anilines is 1. The lowest BCUT2D eigenvalue weighted by Crippen LogP contribution is -2.37. The van der Waals surface area contributed by atoms with Gasteiger partial charge in [-0.3, -0.25) is 4.79 Å². The van der Waals surface area contributed by atoms with Crippen LogP contribution in [0.3, 0.4) is 0 Å². The number of rotatable bonds is 2. The third-order valence-corrected chi connectivity index (χ3v) is 2.88. The third-order valence-electron chi connectivity index (χ3n) is 2.58. The minimum Gasteiger partial charge on any atom is -0.423 e. The molecule has 1 unspecified atom stereocenters. The molecule has 0 aromatic heterocycles. The quantitative estimate of drug-likeness (QED) is 0.551. The largest absolute Gasteiger partial charge is 0.490 e. The van der Waals surface area contributed by atoms with Crippen LogP contribution >= 0.6 is 11.6 Å². The molecular weight excluding hydrogens is 228 g/mol. The molecule has 4 nitrogen and oxygen atoms in total. The Morgan fingerprint density at radius 2 is 2.06 bits per heavy atom. The Balaban J connectivity index is 2.36. The molecule has 0 saturated carbocycles. The molecule has 6 heteroatoms. The van der Waals surface area contributed by atoms with Crippen molar-refractivity contribution in [3.8, 4) is 0 Å². The highest BCUT2D eigenvalue weighted by Gasteiger charge is 2.31. The Hall–Kier alpha value is -1.04. The first-order valence-corrected chi connectivity index (χ1v) is 5.42. The van der Waals surface area contributed by atoms with E-state index in [2.05, 4.69) is 0 Å². The van der Waals surface area contributed by atoms with E-state index in [1.165, 1.54) is 4.90 Å². The smallest absolute Gasteiger partial charge is 0.423 e. The van der Waals surface area contributed by atoms with E-state index in [1.807, 2.05) is 0 Å². The summed E-state index contributed by atoms with van der Waals surface area (Å²) in [6, 6.07) is 6.70. The van der Waals surface area contributed by atoms with Gasteiger partial charge in [-0.05, 0) is 6.07 Å². The van der Waals surface area contributed by atoms with Crippen molar-refractivity contribution >= 4 is 35.8 Å². The highest BCUT2D eigenvalue weighted by molar-refractivity contribution is 6.60. The minimum absolute atomic E-state index is 0.0897. The average molecular weight is 239 g/mol. The van der Waals surface area contributed by atoms with E-state index in [0.29, 0.717) is 17.7 Å². The molecule has 1 atom stereocenters. The molecule has 1 aromatic rings. The van der Waals surface area contributed by atoms with Crippen molar-refractivity contribution in [2.45, 2.75) is 11.8 Å². The first kappa shape index (κ1) is 11.5. The van der Waals surface area contributed by atoms with Crippen LogP contribution in [0.4, 0.5) is 5.69 Å². The summed E-state index contributed by atoms with van der Waals surface area (Å²) >= 11 is 5.90. The molecule has 2 rings (SSSR count). The lowest BCUT2D eigenvalue weighted by atomic mass is 9.79. The number of hydrogen-bond donors (Lipinski definition) is 2. The Morgan fingerprint density at radius 3 is 2.62 bits per heavy atom. The summed E-state index contributed by atoms with van der Waals surface area (Å²) < 4.78 is 0. The lowest BCUT2D eigenvalue weighted by molar-refractivity contribution is -0.117. The number of halogens is 1. The van der Waals surface area contributed by atoms with Gasteiger partial charge in [0, 0.05) is 24.1 Å². The Bertz CT molecular complexity index is 413. The van der Waals surface area contributed by atoms with Gasteiger partial charge in [0.05, 0.1) is 5.38 Å². The standard InChI is InChI=1S/C10H11BClNO3/c12-7-5-10(14)13(6-7)9-4-2-1-3-8(9)11(15)16/h1-4,7,15-16H,5-6H2. The van der Waals surface area contributed by atoms with Crippen molar-refractivity contribution in [2.75, 3.05) is 11.4 Å². The van der Waals surface area contributed by atoms with Gasteiger partial charge in [-0.1, -0.05) is 18.2 Å². The number of nitrogens with zero attached hydrogens (tertiary/aromatic N) is 1. The van der Waals surface area contributed by atoms with Crippen molar-refractivity contribution in [3.05, 3.63) is 24.3 Å². The van der Waals surface area contributed by atoms with Crippen LogP contribution in [0.2, 0.25) is 0 Å². The van der Waals surface area contributed by atoms with E-state index < -0.39 is 7.12 Å². The molecule has 0 spiro atoms. The summed E-state index contributed by atoms with van der Waals surface area (Å²) in [5, 5.41) is 18.2. The molecular formula is C10H11BClNO3. The molecule has 1 heterocycles. The van der Waals surface area contributed by atoms with Gasteiger partial charge in [0.2, 0.25) is 5.91 Å². The first-order valence-electron chi connectivity index (χ1n) is 4.99. The monoisotopic (exact) mass is 239 g/mol. The van der Waals surface area contributed by atoms with Crippen molar-refractivity contribution in [1.82, 2.24) is 0 Å². The molecule has 0 bridgehead atoms. The number of para-hydroxylation sites is 1. The van der Waals surface area contributed by atoms with Gasteiger partial charge in [-0.2, -0.15) is 0 Å². The maximum absolute atomic E-state index is 11.6. The lowest BCUT2D eigenvalue weighted by Gasteiger charge is -2.19. The second-order valence-electron chi connectivity index (χ2n) is 3.74. The zero-order chi connectivity index (χ0) is 11.7. The minimum atomic E-state index is -1.58. The van der Waals surface area contributed by atoms with Crippen molar-refractivity contribution in [1.29, 1.82) is 0 Å². The Morgan fingerprint density at radius 1 is 1.38 bits per heavy atom. The van der Waals surface area contributed by atoms with Crippen LogP contribution in [0.15, 0.2) is 24.3 Å². The Kier molecular flexibility index (Phi) is 3.19. The average Bonchev–Trinajstić information content (AvgIpc) is 2.57. The van der Waals surface area contributed by atoms with Gasteiger partial charge in [-0.15, -0.1) is 11.6 Å². The summed E-state index contributed by atoms with van der Waals surface area (Å²) in [5.41, 5.74) is 0.840. The summed E-state index contributed by atoms with van der Waals surface area (Å²) in [5.74, 6) is -0.0897. The highest BCUT2D eigenvalue weighted by atomic mass is 35.5. The van der Waals surface area contributed by atoms with Gasteiger partial charge in [0.1, 0.15) is 0 Å². The van der Waals surface area contributed by atoms with Gasteiger partial charge in [0.15, 0.2) is 0 Å². The topological polar surface area (TPSA) is 60.8 Å². The fraction of sp³-hybridized carbons (Fsp3) is 0.300. The molecule has 1 aromatic carbocycles. The first-order chi connectivity index (χ1) is 7.59. The van der Waals surface area contributed by atoms with Crippen LogP contribution in [0.25, 0.3) is 0 Å². The number of carbonyl (C=O) groups excluding carboxylic acids is 1.